The number of carbonyl (C=O) groups is 1. The summed E-state index contributed by atoms with van der Waals surface area (Å²) < 4.78 is 5.85. The largest absolute Gasteiger partial charge is 0.392 e. The molecule has 0 aromatic carbocycles. The molecule has 6 aliphatic rings. The van der Waals surface area contributed by atoms with Gasteiger partial charge in [-0.05, 0) is 42.6 Å². The number of aliphatic hydroxyl groups is 4. The summed E-state index contributed by atoms with van der Waals surface area (Å²) >= 11 is 0. The van der Waals surface area contributed by atoms with Gasteiger partial charge >= 0.3 is 0 Å². The van der Waals surface area contributed by atoms with Crippen molar-refractivity contribution in [2.75, 3.05) is 6.61 Å². The maximum Gasteiger partial charge on any atom is 0.208 e. The fourth-order valence-corrected chi connectivity index (χ4v) is 8.13. The predicted molar refractivity (Wildman–Crippen MR) is 95.3 cm³/mol. The van der Waals surface area contributed by atoms with Crippen LogP contribution >= 0.6 is 0 Å². The van der Waals surface area contributed by atoms with Crippen LogP contribution in [0.15, 0.2) is 12.2 Å². The number of Topliss-reactive ketones (excluding diaryl/α,β-unsaturated/α-hetero) is 1. The standard InChI is InChI=1S/C21H30O6/c1-4-18(3)8-7-13(22)19-9-27-21(26,17(25)14(18)19)20-12(19)6-5-11(16(20)24)10(2)15(20)23/h11-14,16-17,22,24-26H,2,4-9H2,1,3H3/t11-,12-,13-,14+,16+,17-,18+,19+,20-,21-/m0/s1. The van der Waals surface area contributed by atoms with Gasteiger partial charge in [-0.15, -0.1) is 0 Å². The molecule has 0 aromatic rings. The molecule has 0 unspecified atom stereocenters. The highest BCUT2D eigenvalue weighted by molar-refractivity contribution is 6.05. The van der Waals surface area contributed by atoms with Crippen molar-refractivity contribution < 1.29 is 30.0 Å². The third-order valence-corrected chi connectivity index (χ3v) is 9.53. The molecule has 2 spiro atoms. The SMILES string of the molecule is C=C1C(=O)[C@]23[C@H](O)[C@H]1CC[C@H]2[C@@]12CO[C@@]3(O)[C@@H](O)[C@@H]1[C@](C)(CC)CC[C@@H]2O. The minimum Gasteiger partial charge on any atom is -0.392 e. The van der Waals surface area contributed by atoms with Crippen LogP contribution < -0.4 is 0 Å². The first-order valence-corrected chi connectivity index (χ1v) is 10.3. The smallest absolute Gasteiger partial charge is 0.208 e. The average Bonchev–Trinajstić information content (AvgIpc) is 2.76. The van der Waals surface area contributed by atoms with Gasteiger partial charge in [0.05, 0.1) is 18.8 Å². The fraction of sp³-hybridized carbons (Fsp3) is 0.857. The van der Waals surface area contributed by atoms with Crippen LogP contribution in [0.1, 0.15) is 46.0 Å². The number of ketones is 1. The summed E-state index contributed by atoms with van der Waals surface area (Å²) in [4.78, 5) is 13.4. The van der Waals surface area contributed by atoms with E-state index in [-0.39, 0.29) is 12.0 Å². The van der Waals surface area contributed by atoms with Gasteiger partial charge in [0.1, 0.15) is 11.5 Å². The van der Waals surface area contributed by atoms with Crippen LogP contribution in [0.5, 0.6) is 0 Å². The molecule has 4 bridgehead atoms. The van der Waals surface area contributed by atoms with E-state index < -0.39 is 58.5 Å². The molecule has 150 valence electrons. The van der Waals surface area contributed by atoms with Crippen LogP contribution in [0, 0.1) is 34.0 Å². The summed E-state index contributed by atoms with van der Waals surface area (Å²) in [5, 5.41) is 45.5. The predicted octanol–water partition coefficient (Wildman–Crippen LogP) is 0.766. The lowest BCUT2D eigenvalue weighted by atomic mass is 9.35. The lowest BCUT2D eigenvalue weighted by molar-refractivity contribution is -0.459. The van der Waals surface area contributed by atoms with Crippen molar-refractivity contribution in [2.24, 2.45) is 34.0 Å². The summed E-state index contributed by atoms with van der Waals surface area (Å²) in [6.07, 6.45) is 0.0969. The minimum absolute atomic E-state index is 0.103. The molecule has 2 aliphatic heterocycles. The molecule has 6 fully saturated rings. The Kier molecular flexibility index (Phi) is 3.40. The Labute approximate surface area is 159 Å². The molecule has 2 saturated heterocycles. The van der Waals surface area contributed by atoms with Gasteiger partial charge in [0.2, 0.25) is 5.79 Å². The second-order valence-corrected chi connectivity index (χ2v) is 9.99. The normalized spacial score (nSPS) is 61.7. The van der Waals surface area contributed by atoms with Crippen molar-refractivity contribution in [1.82, 2.24) is 0 Å². The quantitative estimate of drug-likeness (QED) is 0.502. The third-order valence-electron chi connectivity index (χ3n) is 9.53. The summed E-state index contributed by atoms with van der Waals surface area (Å²) in [6, 6.07) is 0. The van der Waals surface area contributed by atoms with E-state index in [0.29, 0.717) is 24.8 Å². The number of rotatable bonds is 1. The molecule has 4 aliphatic carbocycles. The summed E-state index contributed by atoms with van der Waals surface area (Å²) in [5.41, 5.74) is -2.44. The summed E-state index contributed by atoms with van der Waals surface area (Å²) in [6.45, 7) is 8.17. The van der Waals surface area contributed by atoms with Crippen molar-refractivity contribution in [1.29, 1.82) is 0 Å². The first-order valence-electron chi connectivity index (χ1n) is 10.3. The zero-order valence-corrected chi connectivity index (χ0v) is 16.0. The first-order chi connectivity index (χ1) is 12.6. The Bertz CT molecular complexity index is 736. The van der Waals surface area contributed by atoms with Gasteiger partial charge in [0.25, 0.3) is 0 Å². The number of fused-ring (bicyclic) bond motifs is 2. The highest BCUT2D eigenvalue weighted by Gasteiger charge is 2.86. The molecular weight excluding hydrogens is 348 g/mol. The van der Waals surface area contributed by atoms with Gasteiger partial charge in [-0.3, -0.25) is 4.79 Å². The van der Waals surface area contributed by atoms with Crippen LogP contribution in [0.4, 0.5) is 0 Å². The second kappa shape index (κ2) is 5.03. The van der Waals surface area contributed by atoms with E-state index in [2.05, 4.69) is 20.4 Å². The maximum atomic E-state index is 13.4. The molecule has 0 aromatic heterocycles. The van der Waals surface area contributed by atoms with E-state index in [9.17, 15) is 25.2 Å². The number of hydrogen-bond donors (Lipinski definition) is 4. The van der Waals surface area contributed by atoms with Crippen LogP contribution in [-0.2, 0) is 9.53 Å². The van der Waals surface area contributed by atoms with Crippen molar-refractivity contribution in [2.45, 2.75) is 70.1 Å². The number of ether oxygens (including phenoxy) is 1. The molecule has 6 rings (SSSR count). The van der Waals surface area contributed by atoms with Gasteiger partial charge in [-0.1, -0.05) is 26.8 Å². The number of hydrogen-bond acceptors (Lipinski definition) is 6. The van der Waals surface area contributed by atoms with E-state index in [0.717, 1.165) is 12.8 Å². The van der Waals surface area contributed by atoms with Crippen molar-refractivity contribution in [3.63, 3.8) is 0 Å². The molecule has 2 heterocycles. The average molecular weight is 378 g/mol. The highest BCUT2D eigenvalue weighted by atomic mass is 16.6. The zero-order valence-electron chi connectivity index (χ0n) is 16.0. The molecule has 27 heavy (non-hydrogen) atoms. The monoisotopic (exact) mass is 378 g/mol. The van der Waals surface area contributed by atoms with Crippen molar-refractivity contribution in [3.05, 3.63) is 12.2 Å². The molecule has 4 saturated carbocycles. The van der Waals surface area contributed by atoms with E-state index in [4.69, 9.17) is 4.74 Å². The number of aliphatic hydroxyl groups excluding tert-OH is 3. The molecular formula is C21H30O6. The van der Waals surface area contributed by atoms with Crippen LogP contribution in [0.3, 0.4) is 0 Å². The van der Waals surface area contributed by atoms with Crippen LogP contribution in [-0.4, -0.2) is 56.9 Å². The summed E-state index contributed by atoms with van der Waals surface area (Å²) in [5.74, 6) is -3.78. The Balaban J connectivity index is 1.80. The van der Waals surface area contributed by atoms with Gasteiger partial charge in [-0.2, -0.15) is 0 Å². The van der Waals surface area contributed by atoms with Crippen LogP contribution in [0.25, 0.3) is 0 Å². The Morgan fingerprint density at radius 1 is 1.19 bits per heavy atom. The van der Waals surface area contributed by atoms with Gasteiger partial charge in [-0.25, -0.2) is 0 Å². The minimum atomic E-state index is -2.15. The van der Waals surface area contributed by atoms with Crippen molar-refractivity contribution in [3.8, 4) is 0 Å². The van der Waals surface area contributed by atoms with Crippen LogP contribution in [0.2, 0.25) is 0 Å². The van der Waals surface area contributed by atoms with Crippen molar-refractivity contribution >= 4 is 5.78 Å². The molecule has 6 nitrogen and oxygen atoms in total. The molecule has 6 heteroatoms. The van der Waals surface area contributed by atoms with Gasteiger partial charge in [0.15, 0.2) is 5.78 Å². The zero-order chi connectivity index (χ0) is 19.6. The van der Waals surface area contributed by atoms with E-state index in [1.165, 1.54) is 0 Å². The van der Waals surface area contributed by atoms with E-state index in [1.54, 1.807) is 0 Å². The first kappa shape index (κ1) is 18.3. The fourth-order valence-electron chi connectivity index (χ4n) is 8.13. The molecule has 4 N–H and O–H groups in total. The molecule has 0 radical (unpaired) electrons. The Hall–Kier alpha value is -0.790. The Morgan fingerprint density at radius 2 is 1.89 bits per heavy atom. The Morgan fingerprint density at radius 3 is 2.56 bits per heavy atom. The highest BCUT2D eigenvalue weighted by Crippen LogP contribution is 2.76. The number of carbonyl (C=O) groups excluding carboxylic acids is 1. The third kappa shape index (κ3) is 1.56. The molecule has 0 amide bonds. The van der Waals surface area contributed by atoms with Gasteiger partial charge in [0, 0.05) is 17.3 Å². The lowest BCUT2D eigenvalue weighted by Crippen LogP contribution is -2.85. The van der Waals surface area contributed by atoms with E-state index >= 15 is 0 Å². The maximum absolute atomic E-state index is 13.4. The second-order valence-electron chi connectivity index (χ2n) is 9.99. The topological polar surface area (TPSA) is 107 Å². The van der Waals surface area contributed by atoms with Gasteiger partial charge < -0.3 is 25.2 Å². The lowest BCUT2D eigenvalue weighted by Gasteiger charge is -2.75. The summed E-state index contributed by atoms with van der Waals surface area (Å²) in [7, 11) is 0. The van der Waals surface area contributed by atoms with E-state index in [1.807, 2.05) is 0 Å². The molecule has 10 atom stereocenters.